The van der Waals surface area contributed by atoms with Gasteiger partial charge in [0.2, 0.25) is 0 Å². The van der Waals surface area contributed by atoms with Crippen LogP contribution in [0.3, 0.4) is 0 Å². The zero-order valence-corrected chi connectivity index (χ0v) is 31.4. The van der Waals surface area contributed by atoms with Crippen molar-refractivity contribution in [3.8, 4) is 39.9 Å². The van der Waals surface area contributed by atoms with E-state index in [0.29, 0.717) is 17.5 Å². The topological polar surface area (TPSA) is 69.9 Å². The molecule has 6 heteroatoms. The molecule has 274 valence electrons. The summed E-state index contributed by atoms with van der Waals surface area (Å²) in [6.07, 6.45) is 0. The summed E-state index contributed by atoms with van der Waals surface area (Å²) in [7, 11) is 0. The third-order valence-corrected chi connectivity index (χ3v) is 11.8. The Hall–Kier alpha value is -8.09. The van der Waals surface area contributed by atoms with Gasteiger partial charge in [0.15, 0.2) is 17.5 Å². The van der Waals surface area contributed by atoms with Crippen LogP contribution in [0, 0.1) is 0 Å². The third kappa shape index (κ3) is 4.84. The van der Waals surface area contributed by atoms with E-state index >= 15 is 0 Å². The van der Waals surface area contributed by atoms with Crippen LogP contribution in [0.5, 0.6) is 0 Å². The van der Waals surface area contributed by atoms with Gasteiger partial charge in [0.1, 0.15) is 22.3 Å². The number of para-hydroxylation sites is 2. The summed E-state index contributed by atoms with van der Waals surface area (Å²) in [6, 6.07) is 63.4. The standard InChI is InChI=1S/C53H30N4O2/c1-2-12-31(13-3-1)51-54-52(35-22-24-40-39-19-9-11-21-46(39)58-48(40)29-35)56-53(55-51)43-27-34-16-6-7-17-37(34)49-42-30-36(23-25-47(42)59-50(43)49)57-44-20-10-8-18-38(44)41-26-32-14-4-5-15-33(32)28-45(41)57/h1-30H. The van der Waals surface area contributed by atoms with E-state index in [1.807, 2.05) is 54.6 Å². The van der Waals surface area contributed by atoms with Crippen molar-refractivity contribution in [1.82, 2.24) is 19.5 Å². The van der Waals surface area contributed by atoms with E-state index in [9.17, 15) is 0 Å². The molecule has 0 aliphatic carbocycles. The molecule has 4 aromatic heterocycles. The minimum Gasteiger partial charge on any atom is -0.456 e. The number of hydrogen-bond donors (Lipinski definition) is 0. The Morgan fingerprint density at radius 2 is 1.02 bits per heavy atom. The van der Waals surface area contributed by atoms with Crippen molar-refractivity contribution < 1.29 is 8.83 Å². The SMILES string of the molecule is c1ccc(-c2nc(-c3ccc4c(c3)oc3ccccc34)nc(-c3cc4ccccc4c4c3oc3ccc(-n5c6ccccc6c6cc7ccccc7cc65)cc34)n2)cc1. The molecule has 0 atom stereocenters. The van der Waals surface area contributed by atoms with E-state index < -0.39 is 0 Å². The summed E-state index contributed by atoms with van der Waals surface area (Å²) in [5.74, 6) is 1.66. The van der Waals surface area contributed by atoms with E-state index in [1.54, 1.807) is 0 Å². The highest BCUT2D eigenvalue weighted by Gasteiger charge is 2.22. The average molecular weight is 755 g/mol. The van der Waals surface area contributed by atoms with Crippen molar-refractivity contribution >= 4 is 87.2 Å². The maximum Gasteiger partial charge on any atom is 0.167 e. The lowest BCUT2D eigenvalue weighted by molar-refractivity contribution is 0.668. The first-order valence-corrected chi connectivity index (χ1v) is 19.8. The van der Waals surface area contributed by atoms with E-state index in [0.717, 1.165) is 88.1 Å². The van der Waals surface area contributed by atoms with Crippen molar-refractivity contribution in [2.75, 3.05) is 0 Å². The number of hydrogen-bond acceptors (Lipinski definition) is 5. The second kappa shape index (κ2) is 12.2. The predicted molar refractivity (Wildman–Crippen MR) is 240 cm³/mol. The van der Waals surface area contributed by atoms with E-state index in [4.69, 9.17) is 23.8 Å². The fourth-order valence-corrected chi connectivity index (χ4v) is 9.06. The zero-order chi connectivity index (χ0) is 38.6. The number of benzene rings is 9. The molecule has 4 heterocycles. The highest BCUT2D eigenvalue weighted by molar-refractivity contribution is 6.23. The molecular formula is C53H30N4O2. The van der Waals surface area contributed by atoms with E-state index in [2.05, 4.69) is 132 Å². The molecular weight excluding hydrogens is 725 g/mol. The summed E-state index contributed by atoms with van der Waals surface area (Å²) in [4.78, 5) is 15.4. The normalized spacial score (nSPS) is 12.1. The first kappa shape index (κ1) is 32.0. The van der Waals surface area contributed by atoms with Gasteiger partial charge in [0, 0.05) is 49.1 Å². The van der Waals surface area contributed by atoms with Crippen LogP contribution >= 0.6 is 0 Å². The molecule has 0 amide bonds. The molecule has 0 aliphatic heterocycles. The van der Waals surface area contributed by atoms with Gasteiger partial charge in [-0.05, 0) is 82.2 Å². The minimum absolute atomic E-state index is 0.530. The predicted octanol–water partition coefficient (Wildman–Crippen LogP) is 14.1. The number of rotatable bonds is 4. The maximum absolute atomic E-state index is 6.91. The second-order valence-corrected chi connectivity index (χ2v) is 15.2. The minimum atomic E-state index is 0.530. The highest BCUT2D eigenvalue weighted by atomic mass is 16.3. The van der Waals surface area contributed by atoms with Gasteiger partial charge in [-0.1, -0.05) is 121 Å². The zero-order valence-electron chi connectivity index (χ0n) is 31.4. The number of fused-ring (bicyclic) bond motifs is 12. The lowest BCUT2D eigenvalue weighted by Gasteiger charge is -2.10. The van der Waals surface area contributed by atoms with Gasteiger partial charge in [0.05, 0.1) is 16.6 Å². The monoisotopic (exact) mass is 754 g/mol. The van der Waals surface area contributed by atoms with E-state index in [1.165, 1.54) is 21.5 Å². The molecule has 0 bridgehead atoms. The molecule has 13 aromatic rings. The van der Waals surface area contributed by atoms with Crippen LogP contribution in [0.4, 0.5) is 0 Å². The molecule has 0 saturated heterocycles. The van der Waals surface area contributed by atoms with Crippen LogP contribution in [-0.2, 0) is 0 Å². The summed E-state index contributed by atoms with van der Waals surface area (Å²) >= 11 is 0. The molecule has 0 radical (unpaired) electrons. The Morgan fingerprint density at radius 1 is 0.356 bits per heavy atom. The van der Waals surface area contributed by atoms with Gasteiger partial charge < -0.3 is 13.4 Å². The van der Waals surface area contributed by atoms with Gasteiger partial charge >= 0.3 is 0 Å². The summed E-state index contributed by atoms with van der Waals surface area (Å²) in [6.45, 7) is 0. The summed E-state index contributed by atoms with van der Waals surface area (Å²) < 4.78 is 15.6. The highest BCUT2D eigenvalue weighted by Crippen LogP contribution is 2.43. The molecule has 9 aromatic carbocycles. The van der Waals surface area contributed by atoms with Crippen LogP contribution in [0.1, 0.15) is 0 Å². The molecule has 0 fully saturated rings. The quantitative estimate of drug-likeness (QED) is 0.179. The lowest BCUT2D eigenvalue weighted by Crippen LogP contribution is -2.00. The van der Waals surface area contributed by atoms with Gasteiger partial charge in [-0.3, -0.25) is 0 Å². The number of nitrogens with zero attached hydrogens (tertiary/aromatic N) is 4. The van der Waals surface area contributed by atoms with Crippen molar-refractivity contribution in [2.45, 2.75) is 0 Å². The van der Waals surface area contributed by atoms with Gasteiger partial charge in [0.25, 0.3) is 0 Å². The number of aromatic nitrogens is 4. The molecule has 59 heavy (non-hydrogen) atoms. The van der Waals surface area contributed by atoms with Gasteiger partial charge in [-0.15, -0.1) is 0 Å². The largest absolute Gasteiger partial charge is 0.456 e. The lowest BCUT2D eigenvalue weighted by atomic mass is 9.99. The van der Waals surface area contributed by atoms with Crippen molar-refractivity contribution in [1.29, 1.82) is 0 Å². The summed E-state index contributed by atoms with van der Waals surface area (Å²) in [5.41, 5.74) is 9.06. The Labute approximate surface area is 336 Å². The second-order valence-electron chi connectivity index (χ2n) is 15.2. The summed E-state index contributed by atoms with van der Waals surface area (Å²) in [5, 5.41) is 11.2. The molecule has 0 unspecified atom stereocenters. The third-order valence-electron chi connectivity index (χ3n) is 11.8. The maximum atomic E-state index is 6.91. The Morgan fingerprint density at radius 3 is 1.88 bits per heavy atom. The fraction of sp³-hybridized carbons (Fsp3) is 0. The van der Waals surface area contributed by atoms with Crippen molar-refractivity contribution in [3.05, 3.63) is 182 Å². The van der Waals surface area contributed by atoms with Crippen molar-refractivity contribution in [2.24, 2.45) is 0 Å². The molecule has 0 spiro atoms. The van der Waals surface area contributed by atoms with E-state index in [-0.39, 0.29) is 0 Å². The Balaban J connectivity index is 1.06. The average Bonchev–Trinajstić information content (AvgIpc) is 3.97. The first-order chi connectivity index (χ1) is 29.2. The van der Waals surface area contributed by atoms with Crippen LogP contribution < -0.4 is 0 Å². The molecule has 6 nitrogen and oxygen atoms in total. The fourth-order valence-electron chi connectivity index (χ4n) is 9.06. The van der Waals surface area contributed by atoms with Gasteiger partial charge in [-0.25, -0.2) is 15.0 Å². The van der Waals surface area contributed by atoms with Gasteiger partial charge in [-0.2, -0.15) is 0 Å². The first-order valence-electron chi connectivity index (χ1n) is 19.8. The molecule has 13 rings (SSSR count). The van der Waals surface area contributed by atoms with Crippen molar-refractivity contribution in [3.63, 3.8) is 0 Å². The molecule has 0 N–H and O–H groups in total. The van der Waals surface area contributed by atoms with Crippen LogP contribution in [0.15, 0.2) is 191 Å². The molecule has 0 aliphatic rings. The Kier molecular flexibility index (Phi) is 6.63. The Bertz CT molecular complexity index is 3860. The van der Waals surface area contributed by atoms with Crippen LogP contribution in [0.2, 0.25) is 0 Å². The number of furan rings is 2. The molecule has 0 saturated carbocycles. The smallest absolute Gasteiger partial charge is 0.167 e. The van der Waals surface area contributed by atoms with Crippen LogP contribution in [-0.4, -0.2) is 19.5 Å². The van der Waals surface area contributed by atoms with Crippen LogP contribution in [0.25, 0.3) is 127 Å².